The van der Waals surface area contributed by atoms with E-state index in [0.717, 1.165) is 38.5 Å². The lowest BCUT2D eigenvalue weighted by atomic mass is 9.76. The first-order valence-electron chi connectivity index (χ1n) is 21.7. The van der Waals surface area contributed by atoms with Crippen LogP contribution >= 0.6 is 0 Å². The van der Waals surface area contributed by atoms with Gasteiger partial charge in [-0.05, 0) is 160 Å². The van der Waals surface area contributed by atoms with Crippen LogP contribution in [0.3, 0.4) is 0 Å². The van der Waals surface area contributed by atoms with Gasteiger partial charge >= 0.3 is 0 Å². The van der Waals surface area contributed by atoms with Crippen molar-refractivity contribution in [2.75, 3.05) is 0 Å². The number of hydrogen-bond donors (Lipinski definition) is 0. The van der Waals surface area contributed by atoms with Crippen LogP contribution in [0.15, 0.2) is 169 Å². The summed E-state index contributed by atoms with van der Waals surface area (Å²) in [6, 6.07) is 54.8. The molecule has 0 bridgehead atoms. The van der Waals surface area contributed by atoms with Crippen LogP contribution in [0.25, 0.3) is 77.0 Å². The maximum Gasteiger partial charge on any atom is 0.0155 e. The number of fused-ring (bicyclic) bond motifs is 7. The number of aryl methyl sites for hydroxylation is 1. The molecule has 0 saturated heterocycles. The SMILES string of the molecule is CC1(C)C2=C(CCC(c3c4ccccc4c(C4=CC=C(c5c6ccccc6c(C6=Cc7ccccc7CC6)c6ccccc56)CC4)c4ccccc34)=C2)c2ccccc21. The van der Waals surface area contributed by atoms with Crippen molar-refractivity contribution in [2.24, 2.45) is 0 Å². The molecule has 0 radical (unpaired) electrons. The zero-order chi connectivity index (χ0) is 39.2. The molecule has 0 amide bonds. The lowest BCUT2D eigenvalue weighted by Crippen LogP contribution is -2.17. The molecule has 0 spiro atoms. The van der Waals surface area contributed by atoms with Crippen LogP contribution in [0, 0.1) is 0 Å². The van der Waals surface area contributed by atoms with Gasteiger partial charge in [-0.25, -0.2) is 0 Å². The molecule has 0 fully saturated rings. The fourth-order valence-corrected chi connectivity index (χ4v) is 11.5. The van der Waals surface area contributed by atoms with Crippen molar-refractivity contribution in [3.05, 3.63) is 214 Å². The van der Waals surface area contributed by atoms with E-state index in [9.17, 15) is 0 Å². The van der Waals surface area contributed by atoms with Crippen LogP contribution in [0.2, 0.25) is 0 Å². The van der Waals surface area contributed by atoms with Crippen molar-refractivity contribution >= 4 is 77.0 Å². The number of rotatable bonds is 4. The third-order valence-electron chi connectivity index (χ3n) is 14.2. The summed E-state index contributed by atoms with van der Waals surface area (Å²) in [4.78, 5) is 0. The van der Waals surface area contributed by atoms with Gasteiger partial charge in [0.15, 0.2) is 0 Å². The molecule has 0 nitrogen and oxygen atoms in total. The topological polar surface area (TPSA) is 0 Å². The normalized spacial score (nSPS) is 17.1. The summed E-state index contributed by atoms with van der Waals surface area (Å²) >= 11 is 0. The van der Waals surface area contributed by atoms with Gasteiger partial charge in [0, 0.05) is 5.41 Å². The summed E-state index contributed by atoms with van der Waals surface area (Å²) in [5.74, 6) is 0. The van der Waals surface area contributed by atoms with Gasteiger partial charge in [0.25, 0.3) is 0 Å². The van der Waals surface area contributed by atoms with Crippen LogP contribution in [0.5, 0.6) is 0 Å². The second-order valence-electron chi connectivity index (χ2n) is 17.7. The van der Waals surface area contributed by atoms with Crippen molar-refractivity contribution in [1.82, 2.24) is 0 Å². The Kier molecular flexibility index (Phi) is 7.76. The van der Waals surface area contributed by atoms with Gasteiger partial charge in [-0.2, -0.15) is 0 Å². The fourth-order valence-electron chi connectivity index (χ4n) is 11.5. The highest BCUT2D eigenvalue weighted by Crippen LogP contribution is 2.54. The van der Waals surface area contributed by atoms with Crippen LogP contribution in [-0.2, 0) is 11.8 Å². The Hall–Kier alpha value is -6.50. The molecule has 0 N–H and O–H groups in total. The largest absolute Gasteiger partial charge is 0.0620 e. The Morgan fingerprint density at radius 2 is 0.746 bits per heavy atom. The van der Waals surface area contributed by atoms with Crippen LogP contribution < -0.4 is 0 Å². The maximum atomic E-state index is 2.57. The molecule has 0 heteroatoms. The van der Waals surface area contributed by atoms with E-state index in [1.807, 2.05) is 0 Å². The fraction of sp³-hybridized carbons (Fsp3) is 0.153. The first kappa shape index (κ1) is 34.5. The summed E-state index contributed by atoms with van der Waals surface area (Å²) in [6.07, 6.45) is 16.2. The molecule has 0 saturated carbocycles. The summed E-state index contributed by atoms with van der Waals surface area (Å²) in [7, 11) is 0. The molecule has 59 heavy (non-hydrogen) atoms. The highest BCUT2D eigenvalue weighted by Gasteiger charge is 2.38. The third-order valence-corrected chi connectivity index (χ3v) is 14.2. The average Bonchev–Trinajstić information content (AvgIpc) is 3.52. The molecule has 4 aliphatic carbocycles. The lowest BCUT2D eigenvalue weighted by molar-refractivity contribution is 0.652. The minimum Gasteiger partial charge on any atom is -0.0620 e. The van der Waals surface area contributed by atoms with E-state index < -0.39 is 0 Å². The minimum atomic E-state index is -0.00352. The van der Waals surface area contributed by atoms with E-state index in [1.165, 1.54) is 115 Å². The lowest BCUT2D eigenvalue weighted by Gasteiger charge is -2.27. The standard InChI is InChI=1S/C59H46/c1-59(2)53-26-14-13-17-43(53)44-34-33-42(36-54(44)59)58-51-24-11-7-20-47(51)56(48-21-8-12-25-52(48)58)39-30-28-38(29-31-39)55-45-18-5-9-22-49(45)57(50-23-10-6-19-46(50)55)41-32-27-37-15-3-4-16-40(37)35-41/h3-26,28,30,35-36H,27,29,31-34H2,1-2H3. The van der Waals surface area contributed by atoms with Gasteiger partial charge in [-0.1, -0.05) is 184 Å². The Morgan fingerprint density at radius 1 is 0.356 bits per heavy atom. The summed E-state index contributed by atoms with van der Waals surface area (Å²) < 4.78 is 0. The number of allylic oxidation sites excluding steroid dienone is 9. The predicted octanol–water partition coefficient (Wildman–Crippen LogP) is 16.0. The maximum absolute atomic E-state index is 2.57. The summed E-state index contributed by atoms with van der Waals surface area (Å²) in [5, 5.41) is 10.9. The highest BCUT2D eigenvalue weighted by molar-refractivity contribution is 6.19. The van der Waals surface area contributed by atoms with E-state index in [4.69, 9.17) is 0 Å². The van der Waals surface area contributed by atoms with Crippen molar-refractivity contribution < 1.29 is 0 Å². The van der Waals surface area contributed by atoms with Crippen molar-refractivity contribution in [3.8, 4) is 0 Å². The molecule has 4 aliphatic rings. The minimum absolute atomic E-state index is 0.00352. The van der Waals surface area contributed by atoms with Crippen molar-refractivity contribution in [3.63, 3.8) is 0 Å². The average molecular weight is 755 g/mol. The first-order chi connectivity index (χ1) is 29.0. The summed E-state index contributed by atoms with van der Waals surface area (Å²) in [5.41, 5.74) is 20.2. The molecule has 8 aromatic carbocycles. The molecule has 0 aliphatic heterocycles. The molecule has 0 aromatic heterocycles. The van der Waals surface area contributed by atoms with Crippen LogP contribution in [0.1, 0.15) is 90.5 Å². The van der Waals surface area contributed by atoms with Gasteiger partial charge in [0.2, 0.25) is 0 Å². The van der Waals surface area contributed by atoms with E-state index in [-0.39, 0.29) is 5.41 Å². The smallest absolute Gasteiger partial charge is 0.0155 e. The molecule has 8 aromatic rings. The van der Waals surface area contributed by atoms with E-state index >= 15 is 0 Å². The Labute approximate surface area is 347 Å². The second-order valence-corrected chi connectivity index (χ2v) is 17.7. The third kappa shape index (κ3) is 5.22. The van der Waals surface area contributed by atoms with Gasteiger partial charge in [-0.3, -0.25) is 0 Å². The van der Waals surface area contributed by atoms with Crippen molar-refractivity contribution in [2.45, 2.75) is 57.8 Å². The number of benzene rings is 8. The molecule has 0 unspecified atom stereocenters. The van der Waals surface area contributed by atoms with Gasteiger partial charge in [0.05, 0.1) is 0 Å². The molecular weight excluding hydrogens is 709 g/mol. The Morgan fingerprint density at radius 3 is 1.25 bits per heavy atom. The van der Waals surface area contributed by atoms with Gasteiger partial charge < -0.3 is 0 Å². The van der Waals surface area contributed by atoms with Crippen LogP contribution in [0.4, 0.5) is 0 Å². The zero-order valence-corrected chi connectivity index (χ0v) is 33.9. The van der Waals surface area contributed by atoms with Gasteiger partial charge in [0.1, 0.15) is 0 Å². The Bertz CT molecular complexity index is 3160. The van der Waals surface area contributed by atoms with Crippen LogP contribution in [-0.4, -0.2) is 0 Å². The van der Waals surface area contributed by atoms with Gasteiger partial charge in [-0.15, -0.1) is 0 Å². The predicted molar refractivity (Wildman–Crippen MR) is 254 cm³/mol. The monoisotopic (exact) mass is 754 g/mol. The quantitative estimate of drug-likeness (QED) is 0.157. The Balaban J connectivity index is 1.01. The van der Waals surface area contributed by atoms with Crippen molar-refractivity contribution in [1.29, 1.82) is 0 Å². The first-order valence-corrected chi connectivity index (χ1v) is 21.7. The van der Waals surface area contributed by atoms with E-state index in [0.29, 0.717) is 0 Å². The molecule has 12 rings (SSSR count). The van der Waals surface area contributed by atoms with E-state index in [1.54, 1.807) is 5.57 Å². The highest BCUT2D eigenvalue weighted by atomic mass is 14.4. The molecular formula is C59H46. The zero-order valence-electron chi connectivity index (χ0n) is 33.9. The van der Waals surface area contributed by atoms with E-state index in [2.05, 4.69) is 184 Å². The summed E-state index contributed by atoms with van der Waals surface area (Å²) in [6.45, 7) is 4.83. The molecule has 0 heterocycles. The molecule has 0 atom stereocenters. The molecule has 282 valence electrons. The second kappa shape index (κ2) is 13.3. The number of hydrogen-bond acceptors (Lipinski definition) is 0.